The summed E-state index contributed by atoms with van der Waals surface area (Å²) in [5.41, 5.74) is 1.80. The van der Waals surface area contributed by atoms with E-state index in [1.165, 1.54) is 10.5 Å². The van der Waals surface area contributed by atoms with E-state index in [4.69, 9.17) is 4.74 Å². The molecule has 0 radical (unpaired) electrons. The molecule has 2 aromatic rings. The zero-order valence-corrected chi connectivity index (χ0v) is 14.8. The van der Waals surface area contributed by atoms with Crippen molar-refractivity contribution in [3.63, 3.8) is 0 Å². The number of benzene rings is 2. The van der Waals surface area contributed by atoms with E-state index in [9.17, 15) is 9.59 Å². The molecule has 0 saturated heterocycles. The van der Waals surface area contributed by atoms with Crippen molar-refractivity contribution in [2.24, 2.45) is 0 Å². The molecule has 1 aliphatic heterocycles. The SMILES string of the molecule is CSc1ccc(CCNC(=O)CC2Oc3ccccc3NC2=O)cc1. The van der Waals surface area contributed by atoms with Gasteiger partial charge >= 0.3 is 0 Å². The second-order valence-corrected chi connectivity index (χ2v) is 6.62. The summed E-state index contributed by atoms with van der Waals surface area (Å²) in [6.07, 6.45) is 2.00. The van der Waals surface area contributed by atoms with Gasteiger partial charge in [-0.25, -0.2) is 0 Å². The summed E-state index contributed by atoms with van der Waals surface area (Å²) in [6, 6.07) is 15.5. The summed E-state index contributed by atoms with van der Waals surface area (Å²) in [6.45, 7) is 0.530. The van der Waals surface area contributed by atoms with Gasteiger partial charge in [-0.05, 0) is 42.5 Å². The number of amides is 2. The summed E-state index contributed by atoms with van der Waals surface area (Å²) in [5, 5.41) is 5.61. The van der Waals surface area contributed by atoms with Crippen LogP contribution in [-0.4, -0.2) is 30.7 Å². The van der Waals surface area contributed by atoms with Gasteiger partial charge in [-0.2, -0.15) is 0 Å². The Balaban J connectivity index is 1.47. The molecule has 1 unspecified atom stereocenters. The Labute approximate surface area is 151 Å². The van der Waals surface area contributed by atoms with Crippen molar-refractivity contribution in [1.82, 2.24) is 5.32 Å². The van der Waals surface area contributed by atoms with Crippen molar-refractivity contribution in [3.8, 4) is 5.75 Å². The molecule has 2 amide bonds. The Bertz CT molecular complexity index is 762. The van der Waals surface area contributed by atoms with Crippen molar-refractivity contribution in [3.05, 3.63) is 54.1 Å². The van der Waals surface area contributed by atoms with E-state index >= 15 is 0 Å². The molecule has 130 valence electrons. The molecule has 2 aromatic carbocycles. The molecule has 1 atom stereocenters. The molecule has 6 heteroatoms. The van der Waals surface area contributed by atoms with Crippen LogP contribution >= 0.6 is 11.8 Å². The first-order chi connectivity index (χ1) is 12.2. The maximum absolute atomic E-state index is 12.1. The monoisotopic (exact) mass is 356 g/mol. The predicted octanol–water partition coefficient (Wildman–Crippen LogP) is 2.86. The normalized spacial score (nSPS) is 15.7. The van der Waals surface area contributed by atoms with E-state index in [1.54, 1.807) is 23.9 Å². The Morgan fingerprint density at radius 1 is 1.20 bits per heavy atom. The van der Waals surface area contributed by atoms with Crippen LogP contribution in [-0.2, 0) is 16.0 Å². The van der Waals surface area contributed by atoms with Gasteiger partial charge in [0.25, 0.3) is 5.91 Å². The van der Waals surface area contributed by atoms with Crippen LogP contribution < -0.4 is 15.4 Å². The number of hydrogen-bond donors (Lipinski definition) is 2. The maximum Gasteiger partial charge on any atom is 0.266 e. The van der Waals surface area contributed by atoms with Crippen molar-refractivity contribution < 1.29 is 14.3 Å². The summed E-state index contributed by atoms with van der Waals surface area (Å²) in [4.78, 5) is 25.3. The highest BCUT2D eigenvalue weighted by Gasteiger charge is 2.29. The lowest BCUT2D eigenvalue weighted by molar-refractivity contribution is -0.130. The lowest BCUT2D eigenvalue weighted by atomic mass is 10.1. The first-order valence-electron chi connectivity index (χ1n) is 8.12. The van der Waals surface area contributed by atoms with Crippen LogP contribution in [0.15, 0.2) is 53.4 Å². The predicted molar refractivity (Wildman–Crippen MR) is 99.0 cm³/mol. The van der Waals surface area contributed by atoms with Crippen LogP contribution in [0.25, 0.3) is 0 Å². The van der Waals surface area contributed by atoms with Gasteiger partial charge in [0.15, 0.2) is 6.10 Å². The van der Waals surface area contributed by atoms with Crippen LogP contribution in [0.5, 0.6) is 5.75 Å². The number of nitrogens with one attached hydrogen (secondary N) is 2. The molecule has 5 nitrogen and oxygen atoms in total. The molecule has 25 heavy (non-hydrogen) atoms. The van der Waals surface area contributed by atoms with Crippen LogP contribution in [0, 0.1) is 0 Å². The van der Waals surface area contributed by atoms with Gasteiger partial charge in [0, 0.05) is 11.4 Å². The molecule has 2 N–H and O–H groups in total. The number of fused-ring (bicyclic) bond motifs is 1. The van der Waals surface area contributed by atoms with E-state index in [0.717, 1.165) is 6.42 Å². The second-order valence-electron chi connectivity index (χ2n) is 5.74. The van der Waals surface area contributed by atoms with Crippen LogP contribution in [0.4, 0.5) is 5.69 Å². The number of hydrogen-bond acceptors (Lipinski definition) is 4. The zero-order valence-electron chi connectivity index (χ0n) is 14.0. The molecule has 1 heterocycles. The number of thioether (sulfide) groups is 1. The van der Waals surface area contributed by atoms with Gasteiger partial charge in [0.05, 0.1) is 12.1 Å². The van der Waals surface area contributed by atoms with E-state index in [1.807, 2.05) is 18.4 Å². The topological polar surface area (TPSA) is 67.4 Å². The quantitative estimate of drug-likeness (QED) is 0.781. The third-order valence-corrected chi connectivity index (χ3v) is 4.72. The fourth-order valence-electron chi connectivity index (χ4n) is 2.61. The fourth-order valence-corrected chi connectivity index (χ4v) is 3.01. The van der Waals surface area contributed by atoms with Crippen LogP contribution in [0.2, 0.25) is 0 Å². The van der Waals surface area contributed by atoms with Crippen molar-refractivity contribution in [2.75, 3.05) is 18.1 Å². The molecule has 0 spiro atoms. The lowest BCUT2D eigenvalue weighted by Crippen LogP contribution is -2.41. The molecule has 1 aliphatic rings. The number of anilines is 1. The molecule has 0 aliphatic carbocycles. The minimum atomic E-state index is -0.796. The van der Waals surface area contributed by atoms with Crippen molar-refractivity contribution in [2.45, 2.75) is 23.8 Å². The van der Waals surface area contributed by atoms with Crippen molar-refractivity contribution in [1.29, 1.82) is 0 Å². The average Bonchev–Trinajstić information content (AvgIpc) is 2.63. The Hall–Kier alpha value is -2.47. The highest BCUT2D eigenvalue weighted by molar-refractivity contribution is 7.98. The fraction of sp³-hybridized carbons (Fsp3) is 0.263. The van der Waals surface area contributed by atoms with Gasteiger partial charge in [0.1, 0.15) is 5.75 Å². The lowest BCUT2D eigenvalue weighted by Gasteiger charge is -2.25. The first-order valence-corrected chi connectivity index (χ1v) is 9.34. The minimum Gasteiger partial charge on any atom is -0.478 e. The molecule has 0 aromatic heterocycles. The Kier molecular flexibility index (Phi) is 5.60. The standard InChI is InChI=1S/C19H20N2O3S/c1-25-14-8-6-13(7-9-14)10-11-20-18(22)12-17-19(23)21-15-4-2-3-5-16(15)24-17/h2-9,17H,10-12H2,1H3,(H,20,22)(H,21,23). The summed E-state index contributed by atoms with van der Waals surface area (Å²) < 4.78 is 5.63. The van der Waals surface area contributed by atoms with Gasteiger partial charge in [-0.3, -0.25) is 9.59 Å². The number of ether oxygens (including phenoxy) is 1. The third-order valence-electron chi connectivity index (χ3n) is 3.97. The average molecular weight is 356 g/mol. The molecule has 0 saturated carbocycles. The smallest absolute Gasteiger partial charge is 0.266 e. The summed E-state index contributed by atoms with van der Waals surface area (Å²) >= 11 is 1.70. The largest absolute Gasteiger partial charge is 0.478 e. The third kappa shape index (κ3) is 4.54. The van der Waals surface area contributed by atoms with Gasteiger partial charge in [0.2, 0.25) is 5.91 Å². The molecule has 0 fully saturated rings. The maximum atomic E-state index is 12.1. The number of para-hydroxylation sites is 2. The van der Waals surface area contributed by atoms with Gasteiger partial charge in [-0.15, -0.1) is 11.8 Å². The number of rotatable bonds is 6. The van der Waals surface area contributed by atoms with E-state index in [2.05, 4.69) is 34.9 Å². The highest BCUT2D eigenvalue weighted by Crippen LogP contribution is 2.29. The number of carbonyl (C=O) groups is 2. The van der Waals surface area contributed by atoms with E-state index in [0.29, 0.717) is 18.0 Å². The van der Waals surface area contributed by atoms with Crippen LogP contribution in [0.3, 0.4) is 0 Å². The number of carbonyl (C=O) groups excluding carboxylic acids is 2. The molecule has 0 bridgehead atoms. The van der Waals surface area contributed by atoms with Gasteiger partial charge < -0.3 is 15.4 Å². The summed E-state index contributed by atoms with van der Waals surface area (Å²) in [7, 11) is 0. The Morgan fingerprint density at radius 3 is 2.72 bits per heavy atom. The zero-order chi connectivity index (χ0) is 17.6. The molecule has 3 rings (SSSR count). The molecular weight excluding hydrogens is 336 g/mol. The second kappa shape index (κ2) is 8.07. The molecular formula is C19H20N2O3S. The van der Waals surface area contributed by atoms with Crippen molar-refractivity contribution >= 4 is 29.3 Å². The van der Waals surface area contributed by atoms with E-state index in [-0.39, 0.29) is 18.2 Å². The summed E-state index contributed by atoms with van der Waals surface area (Å²) in [5.74, 6) is 0.107. The van der Waals surface area contributed by atoms with Gasteiger partial charge in [-0.1, -0.05) is 24.3 Å². The first kappa shape index (κ1) is 17.4. The van der Waals surface area contributed by atoms with Crippen LogP contribution in [0.1, 0.15) is 12.0 Å². The van der Waals surface area contributed by atoms with E-state index < -0.39 is 6.10 Å². The highest BCUT2D eigenvalue weighted by atomic mass is 32.2. The Morgan fingerprint density at radius 2 is 1.96 bits per heavy atom. The minimum absolute atomic E-state index is 0.00554.